The fourth-order valence-corrected chi connectivity index (χ4v) is 4.47. The minimum absolute atomic E-state index is 0. The summed E-state index contributed by atoms with van der Waals surface area (Å²) in [6.45, 7) is 4.18. The Bertz CT molecular complexity index is 1240. The number of rotatable bonds is 12. The van der Waals surface area contributed by atoms with Crippen molar-refractivity contribution in [2.24, 2.45) is 0 Å². The second-order valence-corrected chi connectivity index (χ2v) is 9.26. The van der Waals surface area contributed by atoms with Crippen LogP contribution in [0.5, 0.6) is 17.2 Å². The van der Waals surface area contributed by atoms with E-state index >= 15 is 0 Å². The minimum Gasteiger partial charge on any atom is -0.507 e. The number of unbranched alkanes of at least 4 members (excludes halogenated alkanes) is 2. The smallest absolute Gasteiger partial charge is 0.243 e. The number of nitrogens with one attached hydrogen (secondary N) is 1. The van der Waals surface area contributed by atoms with Crippen molar-refractivity contribution in [2.45, 2.75) is 44.9 Å². The molecule has 1 aliphatic heterocycles. The minimum atomic E-state index is -0.416. The third-order valence-corrected chi connectivity index (χ3v) is 6.49. The fourth-order valence-electron chi connectivity index (χ4n) is 4.47. The Morgan fingerprint density at radius 1 is 0.947 bits per heavy atom. The first-order valence-electron chi connectivity index (χ1n) is 12.9. The summed E-state index contributed by atoms with van der Waals surface area (Å²) in [6, 6.07) is 11.8. The third-order valence-electron chi connectivity index (χ3n) is 6.49. The van der Waals surface area contributed by atoms with E-state index in [1.54, 1.807) is 11.5 Å². The zero-order valence-corrected chi connectivity index (χ0v) is 22.1. The Labute approximate surface area is 227 Å². The Hall–Kier alpha value is -3.27. The molecule has 3 aromatic rings. The van der Waals surface area contributed by atoms with Crippen LogP contribution in [0.3, 0.4) is 0 Å². The third kappa shape index (κ3) is 8.11. The first-order valence-corrected chi connectivity index (χ1v) is 12.9. The maximum absolute atomic E-state index is 12.7. The molecule has 4 rings (SSSR count). The molecule has 1 amide bonds. The molecular formula is C28H35ClN2O7. The summed E-state index contributed by atoms with van der Waals surface area (Å²) in [5.74, 6) is 0.909. The number of piperidine rings is 1. The molecule has 0 saturated carbocycles. The van der Waals surface area contributed by atoms with Crippen LogP contribution in [0.1, 0.15) is 44.9 Å². The van der Waals surface area contributed by atoms with Gasteiger partial charge in [0.05, 0.1) is 6.61 Å². The summed E-state index contributed by atoms with van der Waals surface area (Å²) in [5, 5.41) is 19.0. The van der Waals surface area contributed by atoms with Gasteiger partial charge in [-0.05, 0) is 69.5 Å². The van der Waals surface area contributed by atoms with Crippen molar-refractivity contribution in [1.29, 1.82) is 0 Å². The van der Waals surface area contributed by atoms with Gasteiger partial charge < -0.3 is 19.0 Å². The van der Waals surface area contributed by atoms with Crippen molar-refractivity contribution in [3.05, 3.63) is 52.7 Å². The molecule has 2 heterocycles. The molecule has 1 aromatic heterocycles. The van der Waals surface area contributed by atoms with Crippen LogP contribution in [0.4, 0.5) is 0 Å². The van der Waals surface area contributed by atoms with E-state index in [0.717, 1.165) is 37.4 Å². The number of ether oxygens (including phenoxy) is 2. The highest BCUT2D eigenvalue weighted by Crippen LogP contribution is 2.31. The molecule has 0 unspecified atom stereocenters. The monoisotopic (exact) mass is 546 g/mol. The van der Waals surface area contributed by atoms with Crippen LogP contribution < -0.4 is 20.4 Å². The average Bonchev–Trinajstić information content (AvgIpc) is 2.91. The number of benzene rings is 2. The number of phenolic OH excluding ortho intramolecular Hbond substituents is 1. The highest BCUT2D eigenvalue weighted by molar-refractivity contribution is 5.86. The Balaban J connectivity index is 0.00000400. The summed E-state index contributed by atoms with van der Waals surface area (Å²) in [5.41, 5.74) is 2.22. The first-order chi connectivity index (χ1) is 18.0. The maximum Gasteiger partial charge on any atom is 0.243 e. The molecule has 2 aromatic carbocycles. The lowest BCUT2D eigenvalue weighted by Gasteiger charge is -2.26. The Kier molecular flexibility index (Phi) is 11.3. The van der Waals surface area contributed by atoms with Gasteiger partial charge in [0.25, 0.3) is 0 Å². The number of hydrogen-bond donors (Lipinski definition) is 3. The number of likely N-dealkylation sites (tertiary alicyclic amines) is 1. The van der Waals surface area contributed by atoms with Crippen LogP contribution >= 0.6 is 12.4 Å². The zero-order valence-electron chi connectivity index (χ0n) is 21.3. The topological polar surface area (TPSA) is 121 Å². The number of carbonyl (C=O) groups excluding carboxylic acids is 1. The molecule has 1 saturated heterocycles. The highest BCUT2D eigenvalue weighted by Gasteiger charge is 2.14. The molecule has 0 radical (unpaired) electrons. The van der Waals surface area contributed by atoms with Crippen molar-refractivity contribution < 1.29 is 29.0 Å². The quantitative estimate of drug-likeness (QED) is 0.167. The molecule has 206 valence electrons. The second-order valence-electron chi connectivity index (χ2n) is 9.26. The van der Waals surface area contributed by atoms with Gasteiger partial charge in [0, 0.05) is 36.7 Å². The van der Waals surface area contributed by atoms with Gasteiger partial charge in [0.1, 0.15) is 40.6 Å². The number of halogens is 1. The van der Waals surface area contributed by atoms with Gasteiger partial charge >= 0.3 is 0 Å². The maximum atomic E-state index is 12.7. The molecule has 1 fully saturated rings. The van der Waals surface area contributed by atoms with E-state index < -0.39 is 5.91 Å². The van der Waals surface area contributed by atoms with Gasteiger partial charge in [-0.25, -0.2) is 5.48 Å². The molecule has 38 heavy (non-hydrogen) atoms. The number of phenols is 1. The van der Waals surface area contributed by atoms with Crippen molar-refractivity contribution >= 4 is 29.3 Å². The van der Waals surface area contributed by atoms with Crippen LogP contribution in [0, 0.1) is 0 Å². The highest BCUT2D eigenvalue weighted by atomic mass is 35.5. The number of carbonyl (C=O) groups is 1. The van der Waals surface area contributed by atoms with E-state index in [0.29, 0.717) is 37.6 Å². The summed E-state index contributed by atoms with van der Waals surface area (Å²) >= 11 is 0. The molecular weight excluding hydrogens is 512 g/mol. The van der Waals surface area contributed by atoms with Gasteiger partial charge in [0.15, 0.2) is 5.43 Å². The Morgan fingerprint density at radius 3 is 2.42 bits per heavy atom. The number of aromatic hydroxyl groups is 1. The molecule has 0 aliphatic carbocycles. The molecule has 0 atom stereocenters. The molecule has 0 bridgehead atoms. The van der Waals surface area contributed by atoms with Gasteiger partial charge in [-0.3, -0.25) is 19.7 Å². The summed E-state index contributed by atoms with van der Waals surface area (Å²) in [7, 11) is 0. The van der Waals surface area contributed by atoms with Gasteiger partial charge in [-0.2, -0.15) is 0 Å². The van der Waals surface area contributed by atoms with Crippen molar-refractivity contribution in [1.82, 2.24) is 10.4 Å². The lowest BCUT2D eigenvalue weighted by molar-refractivity contribution is -0.129. The van der Waals surface area contributed by atoms with E-state index in [1.165, 1.54) is 31.4 Å². The van der Waals surface area contributed by atoms with Crippen LogP contribution in [-0.2, 0) is 4.79 Å². The summed E-state index contributed by atoms with van der Waals surface area (Å²) in [4.78, 5) is 26.2. The molecule has 3 N–H and O–H groups in total. The lowest BCUT2D eigenvalue weighted by Crippen LogP contribution is -2.33. The van der Waals surface area contributed by atoms with Gasteiger partial charge in [0.2, 0.25) is 5.91 Å². The summed E-state index contributed by atoms with van der Waals surface area (Å²) < 4.78 is 17.6. The SMILES string of the molecule is Cl.O=C(CCCCCOc1cc(O)c2c(=O)cc(-c3ccc(OCCN4CCCCC4)cc3)oc2c1)NO. The number of fused-ring (bicyclic) bond motifs is 1. The van der Waals surface area contributed by atoms with E-state index in [9.17, 15) is 14.7 Å². The van der Waals surface area contributed by atoms with E-state index in [4.69, 9.17) is 19.1 Å². The fraction of sp³-hybridized carbons (Fsp3) is 0.429. The first kappa shape index (κ1) is 29.3. The average molecular weight is 547 g/mol. The number of amides is 1. The molecule has 0 spiro atoms. The van der Waals surface area contributed by atoms with Crippen molar-refractivity contribution in [2.75, 3.05) is 32.8 Å². The standard InChI is InChI=1S/C28H34N2O7.ClH/c31-23-17-22(35-15-6-1-3-7-27(33)29-34)18-26-28(23)24(32)19-25(37-26)20-8-10-21(11-9-20)36-16-14-30-12-4-2-5-13-30;/h8-11,17-19,31,34H,1-7,12-16H2,(H,29,33);1H. The van der Waals surface area contributed by atoms with Crippen molar-refractivity contribution in [3.63, 3.8) is 0 Å². The predicted molar refractivity (Wildman–Crippen MR) is 147 cm³/mol. The molecule has 1 aliphatic rings. The van der Waals surface area contributed by atoms with Crippen LogP contribution in [0.2, 0.25) is 0 Å². The lowest BCUT2D eigenvalue weighted by atomic mass is 10.1. The van der Waals surface area contributed by atoms with Crippen LogP contribution in [-0.4, -0.2) is 54.0 Å². The summed E-state index contributed by atoms with van der Waals surface area (Å²) in [6.07, 6.45) is 6.12. The second kappa shape index (κ2) is 14.6. The Morgan fingerprint density at radius 2 is 1.68 bits per heavy atom. The van der Waals surface area contributed by atoms with Gasteiger partial charge in [-0.15, -0.1) is 12.4 Å². The molecule has 10 heteroatoms. The molecule has 9 nitrogen and oxygen atoms in total. The van der Waals surface area contributed by atoms with Crippen molar-refractivity contribution in [3.8, 4) is 28.6 Å². The van der Waals surface area contributed by atoms with Crippen LogP contribution in [0.25, 0.3) is 22.3 Å². The number of hydroxylamine groups is 1. The number of nitrogens with zero attached hydrogens (tertiary/aromatic N) is 1. The van der Waals surface area contributed by atoms with Crippen LogP contribution in [0.15, 0.2) is 51.7 Å². The zero-order chi connectivity index (χ0) is 26.0. The van der Waals surface area contributed by atoms with E-state index in [1.807, 2.05) is 24.3 Å². The van der Waals surface area contributed by atoms with E-state index in [2.05, 4.69) is 4.90 Å². The van der Waals surface area contributed by atoms with E-state index in [-0.39, 0.29) is 41.0 Å². The normalized spacial score (nSPS) is 13.6. The van der Waals surface area contributed by atoms with Gasteiger partial charge in [-0.1, -0.05) is 6.42 Å². The number of hydrogen-bond acceptors (Lipinski definition) is 8. The largest absolute Gasteiger partial charge is 0.507 e. The predicted octanol–water partition coefficient (Wildman–Crippen LogP) is 4.90.